The third-order valence-electron chi connectivity index (χ3n) is 1.27. The van der Waals surface area contributed by atoms with Crippen LogP contribution in [0.2, 0.25) is 0 Å². The lowest BCUT2D eigenvalue weighted by Gasteiger charge is -2.03. The Morgan fingerprint density at radius 1 is 1.58 bits per heavy atom. The van der Waals surface area contributed by atoms with Gasteiger partial charge < -0.3 is 10.4 Å². The minimum absolute atomic E-state index is 0.212. The van der Waals surface area contributed by atoms with Crippen LogP contribution in [0.5, 0.6) is 5.75 Å². The summed E-state index contributed by atoms with van der Waals surface area (Å²) in [4.78, 5) is 10.5. The Hall–Kier alpha value is -1.58. The zero-order chi connectivity index (χ0) is 9.14. The van der Waals surface area contributed by atoms with Gasteiger partial charge in [-0.15, -0.1) is 0 Å². The van der Waals surface area contributed by atoms with Crippen molar-refractivity contribution in [2.45, 2.75) is 6.92 Å². The Bertz CT molecular complexity index is 312. The average molecular weight is 169 g/mol. The molecule has 64 valence electrons. The molecule has 0 bridgehead atoms. The molecule has 0 aromatic heterocycles. The topological polar surface area (TPSA) is 49.3 Å². The molecule has 0 fully saturated rings. The van der Waals surface area contributed by atoms with Gasteiger partial charge in [0.2, 0.25) is 5.91 Å². The van der Waals surface area contributed by atoms with Crippen LogP contribution in [0.15, 0.2) is 18.2 Å². The van der Waals surface area contributed by atoms with Gasteiger partial charge in [0.1, 0.15) is 11.6 Å². The number of benzene rings is 1. The Morgan fingerprint density at radius 3 is 2.75 bits per heavy atom. The van der Waals surface area contributed by atoms with Gasteiger partial charge in [-0.1, -0.05) is 0 Å². The molecule has 0 radical (unpaired) electrons. The van der Waals surface area contributed by atoms with E-state index in [0.717, 1.165) is 12.1 Å². The molecule has 1 rings (SSSR count). The lowest BCUT2D eigenvalue weighted by Crippen LogP contribution is -2.05. The van der Waals surface area contributed by atoms with E-state index in [2.05, 4.69) is 5.32 Å². The van der Waals surface area contributed by atoms with Crippen molar-refractivity contribution in [1.82, 2.24) is 0 Å². The van der Waals surface area contributed by atoms with Crippen molar-refractivity contribution in [1.29, 1.82) is 0 Å². The van der Waals surface area contributed by atoms with Gasteiger partial charge in [0.05, 0.1) is 5.69 Å². The molecule has 0 aliphatic rings. The number of hydrogen-bond acceptors (Lipinski definition) is 2. The number of anilines is 1. The molecule has 0 aliphatic heterocycles. The van der Waals surface area contributed by atoms with E-state index in [0.29, 0.717) is 0 Å². The highest BCUT2D eigenvalue weighted by atomic mass is 19.1. The van der Waals surface area contributed by atoms with Crippen molar-refractivity contribution in [2.75, 3.05) is 5.32 Å². The van der Waals surface area contributed by atoms with Crippen LogP contribution in [0, 0.1) is 5.82 Å². The lowest BCUT2D eigenvalue weighted by molar-refractivity contribution is -0.114. The maximum atomic E-state index is 12.4. The lowest BCUT2D eigenvalue weighted by atomic mass is 10.3. The summed E-state index contributed by atoms with van der Waals surface area (Å²) < 4.78 is 12.4. The van der Waals surface area contributed by atoms with Crippen LogP contribution in [0.25, 0.3) is 0 Å². The van der Waals surface area contributed by atoms with Gasteiger partial charge in [0.15, 0.2) is 0 Å². The molecule has 4 heteroatoms. The maximum absolute atomic E-state index is 12.4. The van der Waals surface area contributed by atoms with Crippen molar-refractivity contribution in [3.8, 4) is 5.75 Å². The Morgan fingerprint density at radius 2 is 2.25 bits per heavy atom. The van der Waals surface area contributed by atoms with Crippen LogP contribution >= 0.6 is 0 Å². The molecular weight excluding hydrogens is 161 g/mol. The highest BCUT2D eigenvalue weighted by molar-refractivity contribution is 5.90. The van der Waals surface area contributed by atoms with E-state index in [9.17, 15) is 9.18 Å². The summed E-state index contributed by atoms with van der Waals surface area (Å²) in [6.07, 6.45) is 0. The molecule has 12 heavy (non-hydrogen) atoms. The van der Waals surface area contributed by atoms with E-state index in [1.54, 1.807) is 0 Å². The predicted octanol–water partition coefficient (Wildman–Crippen LogP) is 1.49. The second-order valence-electron chi connectivity index (χ2n) is 2.34. The van der Waals surface area contributed by atoms with Crippen LogP contribution in [-0.4, -0.2) is 11.0 Å². The van der Waals surface area contributed by atoms with Crippen LogP contribution < -0.4 is 5.32 Å². The van der Waals surface area contributed by atoms with Gasteiger partial charge >= 0.3 is 0 Å². The zero-order valence-corrected chi connectivity index (χ0v) is 6.47. The normalized spacial score (nSPS) is 9.50. The fourth-order valence-corrected chi connectivity index (χ4v) is 0.800. The van der Waals surface area contributed by atoms with Crippen molar-refractivity contribution >= 4 is 11.6 Å². The number of amides is 1. The molecule has 0 saturated heterocycles. The third-order valence-corrected chi connectivity index (χ3v) is 1.27. The first-order chi connectivity index (χ1) is 5.59. The summed E-state index contributed by atoms with van der Waals surface area (Å²) in [6, 6.07) is 3.39. The van der Waals surface area contributed by atoms with E-state index >= 15 is 0 Å². The van der Waals surface area contributed by atoms with Gasteiger partial charge in [-0.3, -0.25) is 4.79 Å². The second kappa shape index (κ2) is 3.21. The maximum Gasteiger partial charge on any atom is 0.221 e. The highest BCUT2D eigenvalue weighted by Crippen LogP contribution is 2.23. The standard InChI is InChI=1S/C8H8FNO2/c1-5(11)10-7-3-2-6(9)4-8(7)12/h2-4,12H,1H3,(H,10,11). The largest absolute Gasteiger partial charge is 0.506 e. The minimum atomic E-state index is -0.540. The molecule has 2 N–H and O–H groups in total. The van der Waals surface area contributed by atoms with E-state index in [4.69, 9.17) is 5.11 Å². The van der Waals surface area contributed by atoms with E-state index < -0.39 is 5.82 Å². The molecule has 0 spiro atoms. The van der Waals surface area contributed by atoms with E-state index in [-0.39, 0.29) is 17.3 Å². The first-order valence-electron chi connectivity index (χ1n) is 3.35. The molecule has 0 saturated carbocycles. The molecule has 3 nitrogen and oxygen atoms in total. The molecule has 0 atom stereocenters. The summed E-state index contributed by atoms with van der Waals surface area (Å²) >= 11 is 0. The summed E-state index contributed by atoms with van der Waals surface area (Å²) in [6.45, 7) is 1.31. The van der Waals surface area contributed by atoms with Crippen molar-refractivity contribution < 1.29 is 14.3 Å². The summed E-state index contributed by atoms with van der Waals surface area (Å²) in [5, 5.41) is 11.4. The van der Waals surface area contributed by atoms with Gasteiger partial charge in [0.25, 0.3) is 0 Å². The van der Waals surface area contributed by atoms with Gasteiger partial charge in [-0.25, -0.2) is 4.39 Å². The SMILES string of the molecule is CC(=O)Nc1ccc(F)cc1O. The summed E-state index contributed by atoms with van der Waals surface area (Å²) in [7, 11) is 0. The number of aromatic hydroxyl groups is 1. The van der Waals surface area contributed by atoms with Crippen LogP contribution in [0.4, 0.5) is 10.1 Å². The molecule has 1 amide bonds. The number of nitrogens with one attached hydrogen (secondary N) is 1. The average Bonchev–Trinajstić information content (AvgIpc) is 1.94. The molecular formula is C8H8FNO2. The quantitative estimate of drug-likeness (QED) is 0.626. The number of hydrogen-bond donors (Lipinski definition) is 2. The zero-order valence-electron chi connectivity index (χ0n) is 6.47. The fourth-order valence-electron chi connectivity index (χ4n) is 0.800. The second-order valence-corrected chi connectivity index (χ2v) is 2.34. The Labute approximate surface area is 68.8 Å². The smallest absolute Gasteiger partial charge is 0.221 e. The number of halogens is 1. The van der Waals surface area contributed by atoms with Gasteiger partial charge in [-0.05, 0) is 12.1 Å². The number of phenols is 1. The highest BCUT2D eigenvalue weighted by Gasteiger charge is 2.02. The van der Waals surface area contributed by atoms with Crippen LogP contribution in [-0.2, 0) is 4.79 Å². The van der Waals surface area contributed by atoms with Gasteiger partial charge in [-0.2, -0.15) is 0 Å². The molecule has 1 aromatic rings. The fraction of sp³-hybridized carbons (Fsp3) is 0.125. The Kier molecular flexibility index (Phi) is 2.28. The Balaban J connectivity index is 2.93. The molecule has 1 aromatic carbocycles. The van der Waals surface area contributed by atoms with E-state index in [1.165, 1.54) is 13.0 Å². The first kappa shape index (κ1) is 8.52. The minimum Gasteiger partial charge on any atom is -0.506 e. The van der Waals surface area contributed by atoms with Crippen molar-refractivity contribution in [3.63, 3.8) is 0 Å². The molecule has 0 heterocycles. The first-order valence-corrected chi connectivity index (χ1v) is 3.35. The number of rotatable bonds is 1. The summed E-state index contributed by atoms with van der Waals surface area (Å²) in [5.41, 5.74) is 0.212. The van der Waals surface area contributed by atoms with Crippen LogP contribution in [0.3, 0.4) is 0 Å². The number of carbonyl (C=O) groups excluding carboxylic acids is 1. The van der Waals surface area contributed by atoms with Crippen molar-refractivity contribution in [3.05, 3.63) is 24.0 Å². The molecule has 0 aliphatic carbocycles. The number of carbonyl (C=O) groups is 1. The van der Waals surface area contributed by atoms with Crippen LogP contribution in [0.1, 0.15) is 6.92 Å². The predicted molar refractivity (Wildman–Crippen MR) is 42.4 cm³/mol. The van der Waals surface area contributed by atoms with Gasteiger partial charge in [0, 0.05) is 13.0 Å². The molecule has 0 unspecified atom stereocenters. The summed E-state index contributed by atoms with van der Waals surface area (Å²) in [5.74, 6) is -1.12. The monoisotopic (exact) mass is 169 g/mol. The van der Waals surface area contributed by atoms with Crippen molar-refractivity contribution in [2.24, 2.45) is 0 Å². The number of phenolic OH excluding ortho intramolecular Hbond substituents is 1. The third kappa shape index (κ3) is 1.95. The van der Waals surface area contributed by atoms with E-state index in [1.807, 2.05) is 0 Å².